The molecule has 0 amide bonds. The monoisotopic (exact) mass is 556 g/mol. The number of nitrogens with zero attached hydrogens (tertiary/aromatic N) is 3. The molecule has 4 aromatic rings. The molecule has 0 aliphatic heterocycles. The molecule has 0 saturated carbocycles. The molecule has 1 aromatic heterocycles. The van der Waals surface area contributed by atoms with Crippen molar-refractivity contribution in [3.8, 4) is 6.07 Å². The molecule has 0 aliphatic rings. The normalized spacial score (nSPS) is 11.4. The fourth-order valence-corrected chi connectivity index (χ4v) is 5.27. The third kappa shape index (κ3) is 6.85. The standard InChI is InChI=1S/C30H28N4O3S2/c1-2-36-28(35)27(34-37-19-21-38-20-18-31)26-22-39-29(32-26)33-30(23-12-6-3-7-13-23,24-14-8-4-9-15-24)25-16-10-5-11-17-25/h3-17,22H,2,19-21H2,1H3,(H,32,33)/b34-27+. The summed E-state index contributed by atoms with van der Waals surface area (Å²) in [6, 6.07) is 32.7. The Labute approximate surface area is 236 Å². The Morgan fingerprint density at radius 3 is 2.08 bits per heavy atom. The molecule has 0 atom stereocenters. The summed E-state index contributed by atoms with van der Waals surface area (Å²) in [6.45, 7) is 2.19. The fraction of sp³-hybridized carbons (Fsp3) is 0.200. The third-order valence-electron chi connectivity index (χ3n) is 5.77. The van der Waals surface area contributed by atoms with Crippen molar-refractivity contribution < 1.29 is 14.4 Å². The molecule has 7 nitrogen and oxygen atoms in total. The van der Waals surface area contributed by atoms with Crippen molar-refractivity contribution in [2.45, 2.75) is 12.5 Å². The molecule has 0 bridgehead atoms. The quantitative estimate of drug-likeness (QED) is 0.0700. The molecule has 3 aromatic carbocycles. The first-order valence-corrected chi connectivity index (χ1v) is 14.4. The first kappa shape index (κ1) is 27.9. The van der Waals surface area contributed by atoms with Crippen LogP contribution in [0.4, 0.5) is 5.13 Å². The van der Waals surface area contributed by atoms with E-state index in [1.807, 2.05) is 54.6 Å². The lowest BCUT2D eigenvalue weighted by Gasteiger charge is -2.36. The first-order chi connectivity index (χ1) is 19.2. The van der Waals surface area contributed by atoms with Crippen LogP contribution in [0, 0.1) is 11.3 Å². The van der Waals surface area contributed by atoms with Gasteiger partial charge >= 0.3 is 5.97 Å². The van der Waals surface area contributed by atoms with Gasteiger partial charge in [-0.3, -0.25) is 0 Å². The molecule has 0 unspecified atom stereocenters. The topological polar surface area (TPSA) is 96.6 Å². The number of nitrogens with one attached hydrogen (secondary N) is 1. The van der Waals surface area contributed by atoms with Crippen LogP contribution in [0.25, 0.3) is 0 Å². The van der Waals surface area contributed by atoms with Crippen molar-refractivity contribution in [2.75, 3.05) is 30.0 Å². The van der Waals surface area contributed by atoms with E-state index in [1.54, 1.807) is 12.3 Å². The Morgan fingerprint density at radius 2 is 1.56 bits per heavy atom. The predicted octanol–water partition coefficient (Wildman–Crippen LogP) is 6.09. The van der Waals surface area contributed by atoms with Crippen LogP contribution in [0.5, 0.6) is 0 Å². The lowest BCUT2D eigenvalue weighted by atomic mass is 9.77. The Morgan fingerprint density at radius 1 is 1.00 bits per heavy atom. The minimum absolute atomic E-state index is 0.00355. The van der Waals surface area contributed by atoms with Crippen LogP contribution in [-0.4, -0.2) is 41.4 Å². The minimum Gasteiger partial charge on any atom is -0.461 e. The van der Waals surface area contributed by atoms with E-state index in [9.17, 15) is 4.79 Å². The molecule has 198 valence electrons. The van der Waals surface area contributed by atoms with Gasteiger partial charge < -0.3 is 14.9 Å². The summed E-state index contributed by atoms with van der Waals surface area (Å²) in [5.74, 6) is 0.329. The van der Waals surface area contributed by atoms with Gasteiger partial charge in [-0.2, -0.15) is 5.26 Å². The molecule has 9 heteroatoms. The molecule has 0 saturated heterocycles. The molecule has 0 spiro atoms. The second kappa shape index (κ2) is 14.1. The minimum atomic E-state index is -0.755. The van der Waals surface area contributed by atoms with Crippen LogP contribution < -0.4 is 5.32 Å². The highest BCUT2D eigenvalue weighted by Crippen LogP contribution is 2.40. The number of hydrogen-bond donors (Lipinski definition) is 1. The number of anilines is 1. The van der Waals surface area contributed by atoms with Gasteiger partial charge in [0.25, 0.3) is 0 Å². The SMILES string of the molecule is CCOC(=O)/C(=N/OCCSCC#N)c1csc(NC(c2ccccc2)(c2ccccc2)c2ccccc2)n1. The van der Waals surface area contributed by atoms with E-state index in [0.717, 1.165) is 16.7 Å². The summed E-state index contributed by atoms with van der Waals surface area (Å²) in [5, 5.41) is 18.8. The van der Waals surface area contributed by atoms with Crippen molar-refractivity contribution in [3.05, 3.63) is 119 Å². The number of esters is 1. The van der Waals surface area contributed by atoms with E-state index in [4.69, 9.17) is 19.8 Å². The predicted molar refractivity (Wildman–Crippen MR) is 157 cm³/mol. The molecule has 1 N–H and O–H groups in total. The third-order valence-corrected chi connectivity index (χ3v) is 7.32. The summed E-state index contributed by atoms with van der Waals surface area (Å²) < 4.78 is 5.22. The van der Waals surface area contributed by atoms with Crippen LogP contribution >= 0.6 is 23.1 Å². The van der Waals surface area contributed by atoms with Crippen molar-refractivity contribution in [1.82, 2.24) is 4.98 Å². The smallest absolute Gasteiger partial charge is 0.362 e. The van der Waals surface area contributed by atoms with Gasteiger partial charge in [0.15, 0.2) is 5.13 Å². The van der Waals surface area contributed by atoms with Gasteiger partial charge in [-0.05, 0) is 23.6 Å². The second-order valence-corrected chi connectivity index (χ2v) is 10.2. The molecular formula is C30H28N4O3S2. The fourth-order valence-electron chi connectivity index (χ4n) is 4.09. The highest BCUT2D eigenvalue weighted by Gasteiger charge is 2.37. The van der Waals surface area contributed by atoms with Crippen molar-refractivity contribution in [3.63, 3.8) is 0 Å². The molecular weight excluding hydrogens is 528 g/mol. The zero-order valence-electron chi connectivity index (χ0n) is 21.4. The number of hydrogen-bond acceptors (Lipinski definition) is 9. The number of aromatic nitrogens is 1. The van der Waals surface area contributed by atoms with Crippen LogP contribution in [0.3, 0.4) is 0 Å². The number of carbonyl (C=O) groups excluding carboxylic acids is 1. The van der Waals surface area contributed by atoms with E-state index in [2.05, 4.69) is 52.9 Å². The van der Waals surface area contributed by atoms with Gasteiger partial charge in [-0.1, -0.05) is 96.2 Å². The van der Waals surface area contributed by atoms with Gasteiger partial charge in [-0.15, -0.1) is 23.1 Å². The summed E-state index contributed by atoms with van der Waals surface area (Å²) in [4.78, 5) is 22.9. The van der Waals surface area contributed by atoms with E-state index >= 15 is 0 Å². The maximum Gasteiger partial charge on any atom is 0.362 e. The molecule has 0 radical (unpaired) electrons. The lowest BCUT2D eigenvalue weighted by molar-refractivity contribution is -0.135. The molecule has 1 heterocycles. The molecule has 39 heavy (non-hydrogen) atoms. The average molecular weight is 557 g/mol. The van der Waals surface area contributed by atoms with E-state index in [1.165, 1.54) is 23.1 Å². The van der Waals surface area contributed by atoms with Gasteiger partial charge in [0.1, 0.15) is 17.8 Å². The van der Waals surface area contributed by atoms with Crippen LogP contribution in [0.1, 0.15) is 29.3 Å². The molecule has 0 aliphatic carbocycles. The summed E-state index contributed by atoms with van der Waals surface area (Å²) in [6.07, 6.45) is 0. The van der Waals surface area contributed by atoms with Crippen LogP contribution in [-0.2, 0) is 19.9 Å². The number of ether oxygens (including phenoxy) is 1. The maximum atomic E-state index is 12.7. The highest BCUT2D eigenvalue weighted by atomic mass is 32.2. The lowest BCUT2D eigenvalue weighted by Crippen LogP contribution is -2.38. The van der Waals surface area contributed by atoms with E-state index in [0.29, 0.717) is 22.3 Å². The van der Waals surface area contributed by atoms with Crippen molar-refractivity contribution in [1.29, 1.82) is 5.26 Å². The Balaban J connectivity index is 1.73. The van der Waals surface area contributed by atoms with E-state index < -0.39 is 11.5 Å². The number of rotatable bonds is 13. The van der Waals surface area contributed by atoms with Gasteiger partial charge in [0, 0.05) is 11.1 Å². The Bertz CT molecular complexity index is 1310. The summed E-state index contributed by atoms with van der Waals surface area (Å²) in [5.41, 5.74) is 2.71. The van der Waals surface area contributed by atoms with Crippen LogP contribution in [0.2, 0.25) is 0 Å². The first-order valence-electron chi connectivity index (χ1n) is 12.4. The highest BCUT2D eigenvalue weighted by molar-refractivity contribution is 7.99. The van der Waals surface area contributed by atoms with Crippen molar-refractivity contribution in [2.24, 2.45) is 5.16 Å². The summed E-state index contributed by atoms with van der Waals surface area (Å²) in [7, 11) is 0. The average Bonchev–Trinajstić information content (AvgIpc) is 3.45. The van der Waals surface area contributed by atoms with E-state index in [-0.39, 0.29) is 18.9 Å². The number of benzene rings is 3. The Hall–Kier alpha value is -4.13. The number of thiazole rings is 1. The zero-order valence-corrected chi connectivity index (χ0v) is 23.1. The molecule has 4 rings (SSSR count). The largest absolute Gasteiger partial charge is 0.461 e. The number of carbonyl (C=O) groups is 1. The Kier molecular flexibility index (Phi) is 10.1. The molecule has 0 fully saturated rings. The van der Waals surface area contributed by atoms with Crippen molar-refractivity contribution >= 4 is 39.9 Å². The number of nitriles is 1. The summed E-state index contributed by atoms with van der Waals surface area (Å²) >= 11 is 2.80. The van der Waals surface area contributed by atoms with Gasteiger partial charge in [0.05, 0.1) is 18.4 Å². The number of thioether (sulfide) groups is 1. The zero-order chi connectivity index (χ0) is 27.3. The second-order valence-electron chi connectivity index (χ2n) is 8.22. The van der Waals surface area contributed by atoms with Gasteiger partial charge in [0.2, 0.25) is 5.71 Å². The number of oxime groups is 1. The van der Waals surface area contributed by atoms with Gasteiger partial charge in [-0.25, -0.2) is 9.78 Å². The maximum absolute atomic E-state index is 12.7. The van der Waals surface area contributed by atoms with Crippen LogP contribution in [0.15, 0.2) is 102 Å².